The summed E-state index contributed by atoms with van der Waals surface area (Å²) in [7, 11) is 1.66. The third-order valence-corrected chi connectivity index (χ3v) is 4.59. The van der Waals surface area contributed by atoms with Crippen molar-refractivity contribution >= 4 is 12.1 Å². The van der Waals surface area contributed by atoms with Gasteiger partial charge in [-0.3, -0.25) is 0 Å². The molecule has 0 aliphatic carbocycles. The second kappa shape index (κ2) is 10.7. The summed E-state index contributed by atoms with van der Waals surface area (Å²) in [6.07, 6.45) is 3.24. The van der Waals surface area contributed by atoms with Crippen LogP contribution in [0.15, 0.2) is 47.5 Å². The SMILES string of the molecule is COc1ccc(CC(C)CCC(O)c2ccc(O)c(N=COC(C)C)c2)cc1. The van der Waals surface area contributed by atoms with E-state index in [1.165, 1.54) is 12.0 Å². The Morgan fingerprint density at radius 2 is 1.75 bits per heavy atom. The smallest absolute Gasteiger partial charge is 0.175 e. The second-order valence-electron chi connectivity index (χ2n) is 7.42. The predicted molar refractivity (Wildman–Crippen MR) is 113 cm³/mol. The van der Waals surface area contributed by atoms with Crippen molar-refractivity contribution in [2.45, 2.75) is 52.2 Å². The highest BCUT2D eigenvalue weighted by Crippen LogP contribution is 2.31. The molecule has 0 saturated carbocycles. The van der Waals surface area contributed by atoms with Gasteiger partial charge in [-0.05, 0) is 74.4 Å². The fourth-order valence-electron chi connectivity index (χ4n) is 2.94. The number of benzene rings is 2. The van der Waals surface area contributed by atoms with Gasteiger partial charge in [0.15, 0.2) is 6.40 Å². The molecule has 0 saturated heterocycles. The van der Waals surface area contributed by atoms with E-state index in [2.05, 4.69) is 24.0 Å². The van der Waals surface area contributed by atoms with Gasteiger partial charge < -0.3 is 19.7 Å². The van der Waals surface area contributed by atoms with Crippen molar-refractivity contribution in [3.63, 3.8) is 0 Å². The first kappa shape index (κ1) is 21.8. The molecule has 2 unspecified atom stereocenters. The van der Waals surface area contributed by atoms with Crippen LogP contribution in [0.2, 0.25) is 0 Å². The molecule has 0 aliphatic rings. The van der Waals surface area contributed by atoms with Gasteiger partial charge in [0, 0.05) is 0 Å². The van der Waals surface area contributed by atoms with Crippen LogP contribution in [0.3, 0.4) is 0 Å². The number of nitrogens with zero attached hydrogens (tertiary/aromatic N) is 1. The molecule has 0 spiro atoms. The lowest BCUT2D eigenvalue weighted by molar-refractivity contribution is 0.158. The first-order valence-electron chi connectivity index (χ1n) is 9.71. The van der Waals surface area contributed by atoms with Crippen molar-refractivity contribution in [3.8, 4) is 11.5 Å². The summed E-state index contributed by atoms with van der Waals surface area (Å²) in [4.78, 5) is 4.14. The van der Waals surface area contributed by atoms with Crippen LogP contribution in [0.25, 0.3) is 0 Å². The lowest BCUT2D eigenvalue weighted by atomic mass is 9.93. The summed E-state index contributed by atoms with van der Waals surface area (Å²) >= 11 is 0. The maximum absolute atomic E-state index is 10.6. The third-order valence-electron chi connectivity index (χ3n) is 4.59. The topological polar surface area (TPSA) is 71.3 Å². The van der Waals surface area contributed by atoms with Gasteiger partial charge in [-0.25, -0.2) is 4.99 Å². The lowest BCUT2D eigenvalue weighted by Crippen LogP contribution is -2.04. The van der Waals surface area contributed by atoms with Crippen molar-refractivity contribution in [1.29, 1.82) is 0 Å². The van der Waals surface area contributed by atoms with Gasteiger partial charge >= 0.3 is 0 Å². The van der Waals surface area contributed by atoms with Gasteiger partial charge in [-0.2, -0.15) is 0 Å². The molecular weight excluding hydrogens is 354 g/mol. The predicted octanol–water partition coefficient (Wildman–Crippen LogP) is 5.18. The minimum atomic E-state index is -0.598. The van der Waals surface area contributed by atoms with Gasteiger partial charge in [0.25, 0.3) is 0 Å². The minimum Gasteiger partial charge on any atom is -0.506 e. The molecule has 2 aromatic rings. The number of rotatable bonds is 10. The van der Waals surface area contributed by atoms with Crippen LogP contribution in [0.4, 0.5) is 5.69 Å². The van der Waals surface area contributed by atoms with Crippen molar-refractivity contribution in [2.75, 3.05) is 7.11 Å². The molecule has 28 heavy (non-hydrogen) atoms. The highest BCUT2D eigenvalue weighted by atomic mass is 16.5. The van der Waals surface area contributed by atoms with Crippen LogP contribution in [0.5, 0.6) is 11.5 Å². The normalized spacial score (nSPS) is 13.6. The number of hydrogen-bond acceptors (Lipinski definition) is 5. The highest BCUT2D eigenvalue weighted by molar-refractivity contribution is 5.62. The Balaban J connectivity index is 1.90. The molecule has 5 nitrogen and oxygen atoms in total. The van der Waals surface area contributed by atoms with E-state index in [9.17, 15) is 10.2 Å². The number of aliphatic hydroxyl groups excluding tert-OH is 1. The molecule has 2 N–H and O–H groups in total. The quantitative estimate of drug-likeness (QED) is 0.437. The minimum absolute atomic E-state index is 0.0202. The fourth-order valence-corrected chi connectivity index (χ4v) is 2.94. The molecule has 2 atom stereocenters. The molecule has 152 valence electrons. The van der Waals surface area contributed by atoms with E-state index in [4.69, 9.17) is 9.47 Å². The highest BCUT2D eigenvalue weighted by Gasteiger charge is 2.13. The van der Waals surface area contributed by atoms with Gasteiger partial charge in [-0.15, -0.1) is 0 Å². The first-order valence-corrected chi connectivity index (χ1v) is 9.71. The average molecular weight is 386 g/mol. The molecule has 0 radical (unpaired) electrons. The largest absolute Gasteiger partial charge is 0.506 e. The summed E-state index contributed by atoms with van der Waals surface area (Å²) in [6, 6.07) is 13.1. The van der Waals surface area contributed by atoms with E-state index < -0.39 is 6.10 Å². The summed E-state index contributed by atoms with van der Waals surface area (Å²) in [5.74, 6) is 1.36. The summed E-state index contributed by atoms with van der Waals surface area (Å²) in [5.41, 5.74) is 2.39. The Morgan fingerprint density at radius 1 is 1.04 bits per heavy atom. The van der Waals surface area contributed by atoms with Crippen LogP contribution in [-0.4, -0.2) is 29.8 Å². The van der Waals surface area contributed by atoms with Crippen LogP contribution >= 0.6 is 0 Å². The second-order valence-corrected chi connectivity index (χ2v) is 7.42. The van der Waals surface area contributed by atoms with Crippen molar-refractivity contribution in [2.24, 2.45) is 10.9 Å². The van der Waals surface area contributed by atoms with E-state index >= 15 is 0 Å². The number of ether oxygens (including phenoxy) is 2. The van der Waals surface area contributed by atoms with E-state index in [1.807, 2.05) is 26.0 Å². The molecule has 0 heterocycles. The Morgan fingerprint density at radius 3 is 2.39 bits per heavy atom. The van der Waals surface area contributed by atoms with Crippen molar-refractivity contribution < 1.29 is 19.7 Å². The maximum atomic E-state index is 10.6. The third kappa shape index (κ3) is 6.89. The maximum Gasteiger partial charge on any atom is 0.175 e. The number of phenolic OH excluding ortho intramolecular Hbond substituents is 1. The molecule has 0 amide bonds. The summed E-state index contributed by atoms with van der Waals surface area (Å²) in [6.45, 7) is 5.99. The molecular formula is C23H31NO4. The number of aliphatic imine (C=N–C) groups is 1. The van der Waals surface area contributed by atoms with Gasteiger partial charge in [0.05, 0.1) is 19.3 Å². The standard InChI is InChI=1S/C23H31NO4/c1-16(2)28-15-24-21-14-19(8-12-23(21)26)22(25)11-5-17(3)13-18-6-9-20(27-4)10-7-18/h6-10,12,14-17,22,25-26H,5,11,13H2,1-4H3. The van der Waals surface area contributed by atoms with E-state index in [-0.39, 0.29) is 11.9 Å². The van der Waals surface area contributed by atoms with Crippen LogP contribution in [-0.2, 0) is 11.2 Å². The molecule has 2 rings (SSSR count). The molecule has 0 bridgehead atoms. The average Bonchev–Trinajstić information content (AvgIpc) is 2.68. The monoisotopic (exact) mass is 385 g/mol. The van der Waals surface area contributed by atoms with E-state index in [1.54, 1.807) is 25.3 Å². The zero-order chi connectivity index (χ0) is 20.5. The Hall–Kier alpha value is -2.53. The number of methoxy groups -OCH3 is 1. The molecule has 2 aromatic carbocycles. The summed E-state index contributed by atoms with van der Waals surface area (Å²) in [5, 5.41) is 20.5. The Labute approximate surface area is 167 Å². The van der Waals surface area contributed by atoms with Gasteiger partial charge in [-0.1, -0.05) is 25.1 Å². The Kier molecular flexibility index (Phi) is 8.33. The van der Waals surface area contributed by atoms with Gasteiger partial charge in [0.2, 0.25) is 0 Å². The number of hydrogen-bond donors (Lipinski definition) is 2. The summed E-state index contributed by atoms with van der Waals surface area (Å²) < 4.78 is 10.5. The van der Waals surface area contributed by atoms with Gasteiger partial charge in [0.1, 0.15) is 17.2 Å². The van der Waals surface area contributed by atoms with Crippen LogP contribution < -0.4 is 4.74 Å². The zero-order valence-corrected chi connectivity index (χ0v) is 17.1. The van der Waals surface area contributed by atoms with E-state index in [0.717, 1.165) is 24.2 Å². The number of aliphatic hydroxyl groups is 1. The number of phenols is 1. The molecule has 0 aliphatic heterocycles. The molecule has 5 heteroatoms. The molecule has 0 fully saturated rings. The van der Waals surface area contributed by atoms with Crippen molar-refractivity contribution in [3.05, 3.63) is 53.6 Å². The van der Waals surface area contributed by atoms with E-state index in [0.29, 0.717) is 18.0 Å². The van der Waals surface area contributed by atoms with Crippen molar-refractivity contribution in [1.82, 2.24) is 0 Å². The first-order chi connectivity index (χ1) is 13.4. The Bertz CT molecular complexity index is 756. The lowest BCUT2D eigenvalue weighted by Gasteiger charge is -2.16. The van der Waals surface area contributed by atoms with Crippen LogP contribution in [0, 0.1) is 5.92 Å². The van der Waals surface area contributed by atoms with Crippen LogP contribution in [0.1, 0.15) is 50.8 Å². The fraction of sp³-hybridized carbons (Fsp3) is 0.435. The molecule has 0 aromatic heterocycles. The zero-order valence-electron chi connectivity index (χ0n) is 17.1. The number of aromatic hydroxyl groups is 1.